The van der Waals surface area contributed by atoms with Crippen LogP contribution < -0.4 is 15.4 Å². The number of hydrogen-bond donors (Lipinski definition) is 2. The van der Waals surface area contributed by atoms with E-state index in [1.165, 1.54) is 18.5 Å². The second-order valence-electron chi connectivity index (χ2n) is 4.99. The fourth-order valence-electron chi connectivity index (χ4n) is 2.46. The van der Waals surface area contributed by atoms with Gasteiger partial charge < -0.3 is 15.4 Å². The summed E-state index contributed by atoms with van der Waals surface area (Å²) < 4.78 is 18.6. The predicted molar refractivity (Wildman–Crippen MR) is 83.2 cm³/mol. The van der Waals surface area contributed by atoms with Crippen LogP contribution in [-0.2, 0) is 0 Å². The third-order valence-electron chi connectivity index (χ3n) is 3.52. The largest absolute Gasteiger partial charge is 0.490 e. The van der Waals surface area contributed by atoms with Crippen molar-refractivity contribution in [1.29, 1.82) is 0 Å². The summed E-state index contributed by atoms with van der Waals surface area (Å²) in [5.74, 6) is 1.20. The molecule has 4 rings (SSSR count). The number of nitrogens with one attached hydrogen (secondary N) is 2. The molecule has 0 bridgehead atoms. The first-order chi connectivity index (χ1) is 10.8. The number of benzene rings is 2. The molecule has 0 fully saturated rings. The van der Waals surface area contributed by atoms with Crippen LogP contribution in [0.1, 0.15) is 0 Å². The number of fused-ring (bicyclic) bond motifs is 2. The van der Waals surface area contributed by atoms with E-state index in [0.717, 1.165) is 34.6 Å². The van der Waals surface area contributed by atoms with Crippen LogP contribution in [0.3, 0.4) is 0 Å². The Hall–Kier alpha value is -2.89. The van der Waals surface area contributed by atoms with Gasteiger partial charge in [-0.25, -0.2) is 14.4 Å². The van der Waals surface area contributed by atoms with Crippen molar-refractivity contribution in [3.05, 3.63) is 48.5 Å². The maximum absolute atomic E-state index is 13.0. The fraction of sp³-hybridized carbons (Fsp3) is 0.125. The third-order valence-corrected chi connectivity index (χ3v) is 3.52. The summed E-state index contributed by atoms with van der Waals surface area (Å²) >= 11 is 0. The van der Waals surface area contributed by atoms with Gasteiger partial charge >= 0.3 is 0 Å². The van der Waals surface area contributed by atoms with Crippen molar-refractivity contribution in [3.8, 4) is 5.75 Å². The van der Waals surface area contributed by atoms with E-state index < -0.39 is 0 Å². The molecule has 0 atom stereocenters. The van der Waals surface area contributed by atoms with E-state index in [-0.39, 0.29) is 5.82 Å². The zero-order chi connectivity index (χ0) is 14.9. The molecule has 2 aromatic carbocycles. The molecule has 110 valence electrons. The summed E-state index contributed by atoms with van der Waals surface area (Å²) in [6.45, 7) is 1.41. The lowest BCUT2D eigenvalue weighted by atomic mass is 10.1. The van der Waals surface area contributed by atoms with Gasteiger partial charge in [-0.2, -0.15) is 0 Å². The second kappa shape index (κ2) is 5.14. The van der Waals surface area contributed by atoms with Gasteiger partial charge in [0.2, 0.25) is 0 Å². The van der Waals surface area contributed by atoms with E-state index in [1.807, 2.05) is 12.1 Å². The van der Waals surface area contributed by atoms with E-state index in [2.05, 4.69) is 20.6 Å². The van der Waals surface area contributed by atoms with E-state index in [1.54, 1.807) is 12.1 Å². The first-order valence-electron chi connectivity index (χ1n) is 6.98. The summed E-state index contributed by atoms with van der Waals surface area (Å²) in [5, 5.41) is 7.37. The molecule has 22 heavy (non-hydrogen) atoms. The number of hydrogen-bond acceptors (Lipinski definition) is 5. The molecule has 3 aromatic rings. The Bertz CT molecular complexity index is 835. The SMILES string of the molecule is Fc1ccc(Nc2ncnc3cc4c(cc23)NCCO4)cc1. The normalized spacial score (nSPS) is 13.1. The van der Waals surface area contributed by atoms with Crippen LogP contribution in [0.5, 0.6) is 5.75 Å². The lowest BCUT2D eigenvalue weighted by Crippen LogP contribution is -2.18. The molecule has 1 aromatic heterocycles. The van der Waals surface area contributed by atoms with E-state index >= 15 is 0 Å². The maximum atomic E-state index is 13.0. The molecular weight excluding hydrogens is 283 g/mol. The van der Waals surface area contributed by atoms with Gasteiger partial charge in [0.1, 0.15) is 30.3 Å². The highest BCUT2D eigenvalue weighted by Gasteiger charge is 2.13. The second-order valence-corrected chi connectivity index (χ2v) is 4.99. The van der Waals surface area contributed by atoms with Crippen molar-refractivity contribution in [2.75, 3.05) is 23.8 Å². The highest BCUT2D eigenvalue weighted by molar-refractivity contribution is 5.95. The average molecular weight is 296 g/mol. The van der Waals surface area contributed by atoms with Gasteiger partial charge in [-0.3, -0.25) is 0 Å². The molecule has 0 saturated heterocycles. The Kier molecular flexibility index (Phi) is 3.00. The predicted octanol–water partition coefficient (Wildman–Crippen LogP) is 3.32. The minimum Gasteiger partial charge on any atom is -0.490 e. The molecule has 0 saturated carbocycles. The van der Waals surface area contributed by atoms with Crippen molar-refractivity contribution in [1.82, 2.24) is 9.97 Å². The Labute approximate surface area is 126 Å². The van der Waals surface area contributed by atoms with Crippen LogP contribution >= 0.6 is 0 Å². The molecule has 0 amide bonds. The van der Waals surface area contributed by atoms with Crippen LogP contribution in [0.25, 0.3) is 10.9 Å². The Morgan fingerprint density at radius 1 is 1.14 bits per heavy atom. The van der Waals surface area contributed by atoms with Gasteiger partial charge in [0.25, 0.3) is 0 Å². The fourth-order valence-corrected chi connectivity index (χ4v) is 2.46. The summed E-state index contributed by atoms with van der Waals surface area (Å²) in [5.41, 5.74) is 2.49. The smallest absolute Gasteiger partial charge is 0.144 e. The van der Waals surface area contributed by atoms with Crippen LogP contribution in [0.4, 0.5) is 21.6 Å². The zero-order valence-corrected chi connectivity index (χ0v) is 11.6. The maximum Gasteiger partial charge on any atom is 0.144 e. The van der Waals surface area contributed by atoms with E-state index in [0.29, 0.717) is 12.4 Å². The highest BCUT2D eigenvalue weighted by Crippen LogP contribution is 2.34. The van der Waals surface area contributed by atoms with Crippen molar-refractivity contribution in [3.63, 3.8) is 0 Å². The number of ether oxygens (including phenoxy) is 1. The molecule has 6 heteroatoms. The number of anilines is 3. The standard InChI is InChI=1S/C16H13FN4O/c17-10-1-3-11(4-2-10)21-16-12-7-14-15(22-6-5-18-14)8-13(12)19-9-20-16/h1-4,7-9,18H,5-6H2,(H,19,20,21). The van der Waals surface area contributed by atoms with Gasteiger partial charge in [-0.1, -0.05) is 0 Å². The van der Waals surface area contributed by atoms with Crippen LogP contribution in [-0.4, -0.2) is 23.1 Å². The summed E-state index contributed by atoms with van der Waals surface area (Å²) in [7, 11) is 0. The van der Waals surface area contributed by atoms with Gasteiger partial charge in [0.15, 0.2) is 0 Å². The number of rotatable bonds is 2. The molecule has 1 aliphatic heterocycles. The molecule has 2 N–H and O–H groups in total. The molecular formula is C16H13FN4O. The average Bonchev–Trinajstić information content (AvgIpc) is 2.55. The Morgan fingerprint density at radius 2 is 2.00 bits per heavy atom. The van der Waals surface area contributed by atoms with Crippen LogP contribution in [0.15, 0.2) is 42.7 Å². The quantitative estimate of drug-likeness (QED) is 0.759. The number of nitrogens with zero attached hydrogens (tertiary/aromatic N) is 2. The van der Waals surface area contributed by atoms with Crippen LogP contribution in [0.2, 0.25) is 0 Å². The Balaban J connectivity index is 1.78. The van der Waals surface area contributed by atoms with Gasteiger partial charge in [-0.15, -0.1) is 0 Å². The van der Waals surface area contributed by atoms with Crippen molar-refractivity contribution in [2.24, 2.45) is 0 Å². The topological polar surface area (TPSA) is 59.1 Å². The van der Waals surface area contributed by atoms with Crippen molar-refractivity contribution < 1.29 is 9.13 Å². The number of halogens is 1. The molecule has 0 aliphatic carbocycles. The monoisotopic (exact) mass is 296 g/mol. The summed E-state index contributed by atoms with van der Waals surface area (Å²) in [6.07, 6.45) is 1.50. The van der Waals surface area contributed by atoms with Gasteiger partial charge in [0, 0.05) is 23.7 Å². The zero-order valence-electron chi connectivity index (χ0n) is 11.6. The lowest BCUT2D eigenvalue weighted by molar-refractivity contribution is 0.324. The molecule has 1 aliphatic rings. The molecule has 0 unspecified atom stereocenters. The van der Waals surface area contributed by atoms with Gasteiger partial charge in [0.05, 0.1) is 11.2 Å². The molecule has 0 radical (unpaired) electrons. The first kappa shape index (κ1) is 12.8. The molecule has 0 spiro atoms. The van der Waals surface area contributed by atoms with Gasteiger partial charge in [-0.05, 0) is 30.3 Å². The summed E-state index contributed by atoms with van der Waals surface area (Å²) in [6, 6.07) is 10.0. The van der Waals surface area contributed by atoms with Crippen LogP contribution in [0, 0.1) is 5.82 Å². The first-order valence-corrected chi connectivity index (χ1v) is 6.98. The Morgan fingerprint density at radius 3 is 2.86 bits per heavy atom. The molecule has 2 heterocycles. The lowest BCUT2D eigenvalue weighted by Gasteiger charge is -2.20. The third kappa shape index (κ3) is 2.28. The van der Waals surface area contributed by atoms with Crippen molar-refractivity contribution >= 4 is 28.1 Å². The number of aromatic nitrogens is 2. The van der Waals surface area contributed by atoms with E-state index in [4.69, 9.17) is 4.74 Å². The van der Waals surface area contributed by atoms with Crippen molar-refractivity contribution in [2.45, 2.75) is 0 Å². The van der Waals surface area contributed by atoms with E-state index in [9.17, 15) is 4.39 Å². The molecule has 5 nitrogen and oxygen atoms in total. The minimum atomic E-state index is -0.270. The highest BCUT2D eigenvalue weighted by atomic mass is 19.1. The minimum absolute atomic E-state index is 0.270. The summed E-state index contributed by atoms with van der Waals surface area (Å²) in [4.78, 5) is 8.58.